The van der Waals surface area contributed by atoms with Crippen LogP contribution in [0.1, 0.15) is 24.4 Å². The maximum atomic E-state index is 11.9. The SMILES string of the molecule is O=C(O)/C=C/C(=O)N1CCCC1c1ccncc1. The fourth-order valence-corrected chi connectivity index (χ4v) is 2.20. The maximum absolute atomic E-state index is 11.9. The minimum atomic E-state index is -1.11. The molecular weight excluding hydrogens is 232 g/mol. The number of carboxylic acid groups (broad SMARTS) is 1. The highest BCUT2D eigenvalue weighted by Crippen LogP contribution is 2.31. The third kappa shape index (κ3) is 2.74. The van der Waals surface area contributed by atoms with E-state index in [0.29, 0.717) is 6.54 Å². The van der Waals surface area contributed by atoms with Crippen molar-refractivity contribution in [2.24, 2.45) is 0 Å². The highest BCUT2D eigenvalue weighted by Gasteiger charge is 2.28. The lowest BCUT2D eigenvalue weighted by atomic mass is 10.1. The molecule has 2 heterocycles. The Morgan fingerprint density at radius 3 is 2.72 bits per heavy atom. The standard InChI is InChI=1S/C13H14N2O3/c16-12(3-4-13(17)18)15-9-1-2-11(15)10-5-7-14-8-6-10/h3-8,11H,1-2,9H2,(H,17,18)/b4-3+. The summed E-state index contributed by atoms with van der Waals surface area (Å²) in [5.41, 5.74) is 1.04. The van der Waals surface area contributed by atoms with E-state index in [1.807, 2.05) is 12.1 Å². The number of carbonyl (C=O) groups excluding carboxylic acids is 1. The minimum absolute atomic E-state index is 0.0268. The van der Waals surface area contributed by atoms with Gasteiger partial charge in [0.15, 0.2) is 0 Å². The summed E-state index contributed by atoms with van der Waals surface area (Å²) in [4.78, 5) is 28.0. The molecule has 1 aromatic rings. The number of aliphatic carboxylic acids is 1. The van der Waals surface area contributed by atoms with Crippen LogP contribution in [0.25, 0.3) is 0 Å². The normalized spacial score (nSPS) is 19.3. The Bertz CT molecular complexity index is 470. The molecule has 1 atom stereocenters. The van der Waals surface area contributed by atoms with Crippen LogP contribution in [-0.2, 0) is 9.59 Å². The number of rotatable bonds is 3. The first kappa shape index (κ1) is 12.3. The van der Waals surface area contributed by atoms with Crippen LogP contribution in [0.5, 0.6) is 0 Å². The van der Waals surface area contributed by atoms with Gasteiger partial charge in [0.1, 0.15) is 0 Å². The van der Waals surface area contributed by atoms with E-state index in [9.17, 15) is 9.59 Å². The smallest absolute Gasteiger partial charge is 0.328 e. The number of carbonyl (C=O) groups is 2. The summed E-state index contributed by atoms with van der Waals surface area (Å²) in [5, 5.41) is 8.52. The molecule has 5 nitrogen and oxygen atoms in total. The average molecular weight is 246 g/mol. The van der Waals surface area contributed by atoms with E-state index in [1.54, 1.807) is 17.3 Å². The van der Waals surface area contributed by atoms with Gasteiger partial charge < -0.3 is 10.0 Å². The molecule has 0 aliphatic carbocycles. The third-order valence-electron chi connectivity index (χ3n) is 3.00. The van der Waals surface area contributed by atoms with E-state index in [-0.39, 0.29) is 11.9 Å². The molecule has 0 aromatic carbocycles. The molecule has 0 saturated carbocycles. The molecule has 1 unspecified atom stereocenters. The van der Waals surface area contributed by atoms with Crippen LogP contribution < -0.4 is 0 Å². The molecule has 5 heteroatoms. The van der Waals surface area contributed by atoms with Crippen LogP contribution in [-0.4, -0.2) is 33.4 Å². The van der Waals surface area contributed by atoms with Crippen LogP contribution in [0.15, 0.2) is 36.7 Å². The molecular formula is C13H14N2O3. The highest BCUT2D eigenvalue weighted by atomic mass is 16.4. The predicted octanol–water partition coefficient (Wildman–Crippen LogP) is 1.39. The summed E-state index contributed by atoms with van der Waals surface area (Å²) in [7, 11) is 0. The topological polar surface area (TPSA) is 70.5 Å². The van der Waals surface area contributed by atoms with Crippen molar-refractivity contribution in [3.05, 3.63) is 42.2 Å². The Hall–Kier alpha value is -2.17. The zero-order chi connectivity index (χ0) is 13.0. The van der Waals surface area contributed by atoms with E-state index in [2.05, 4.69) is 4.98 Å². The van der Waals surface area contributed by atoms with Crippen LogP contribution in [0, 0.1) is 0 Å². The zero-order valence-corrected chi connectivity index (χ0v) is 9.82. The molecule has 0 radical (unpaired) electrons. The lowest BCUT2D eigenvalue weighted by Crippen LogP contribution is -2.29. The average Bonchev–Trinajstić information content (AvgIpc) is 2.86. The van der Waals surface area contributed by atoms with Crippen molar-refractivity contribution in [2.45, 2.75) is 18.9 Å². The molecule has 1 aliphatic heterocycles. The largest absolute Gasteiger partial charge is 0.478 e. The number of nitrogens with zero attached hydrogens (tertiary/aromatic N) is 2. The Balaban J connectivity index is 2.13. The Morgan fingerprint density at radius 1 is 1.33 bits per heavy atom. The van der Waals surface area contributed by atoms with Gasteiger partial charge in [-0.15, -0.1) is 0 Å². The van der Waals surface area contributed by atoms with Gasteiger partial charge in [0.25, 0.3) is 0 Å². The Labute approximate surface area is 105 Å². The number of hydrogen-bond donors (Lipinski definition) is 1. The molecule has 1 aliphatic rings. The minimum Gasteiger partial charge on any atom is -0.478 e. The van der Waals surface area contributed by atoms with E-state index in [0.717, 1.165) is 30.6 Å². The lowest BCUT2D eigenvalue weighted by Gasteiger charge is -2.23. The molecule has 94 valence electrons. The third-order valence-corrected chi connectivity index (χ3v) is 3.00. The van der Waals surface area contributed by atoms with Gasteiger partial charge in [0.2, 0.25) is 5.91 Å². The van der Waals surface area contributed by atoms with Gasteiger partial charge in [-0.3, -0.25) is 9.78 Å². The van der Waals surface area contributed by atoms with Gasteiger partial charge in [0, 0.05) is 31.1 Å². The maximum Gasteiger partial charge on any atom is 0.328 e. The fourth-order valence-electron chi connectivity index (χ4n) is 2.20. The first-order valence-electron chi connectivity index (χ1n) is 5.80. The van der Waals surface area contributed by atoms with E-state index in [1.165, 1.54) is 0 Å². The summed E-state index contributed by atoms with van der Waals surface area (Å²) in [6.45, 7) is 0.662. The molecule has 1 saturated heterocycles. The number of hydrogen-bond acceptors (Lipinski definition) is 3. The molecule has 1 fully saturated rings. The summed E-state index contributed by atoms with van der Waals surface area (Å²) in [6.07, 6.45) is 7.22. The lowest BCUT2D eigenvalue weighted by molar-refractivity contribution is -0.132. The molecule has 0 spiro atoms. The summed E-state index contributed by atoms with van der Waals surface area (Å²) >= 11 is 0. The van der Waals surface area contributed by atoms with Crippen LogP contribution in [0.3, 0.4) is 0 Å². The number of likely N-dealkylation sites (tertiary alicyclic amines) is 1. The van der Waals surface area contributed by atoms with Crippen molar-refractivity contribution in [3.8, 4) is 0 Å². The molecule has 1 aromatic heterocycles. The van der Waals surface area contributed by atoms with Crippen molar-refractivity contribution in [1.82, 2.24) is 9.88 Å². The first-order chi connectivity index (χ1) is 8.68. The number of amides is 1. The quantitative estimate of drug-likeness (QED) is 0.818. The van der Waals surface area contributed by atoms with Crippen molar-refractivity contribution >= 4 is 11.9 Å². The van der Waals surface area contributed by atoms with Crippen molar-refractivity contribution in [2.75, 3.05) is 6.54 Å². The monoisotopic (exact) mass is 246 g/mol. The van der Waals surface area contributed by atoms with Gasteiger partial charge >= 0.3 is 5.97 Å². The predicted molar refractivity (Wildman–Crippen MR) is 64.7 cm³/mol. The van der Waals surface area contributed by atoms with Gasteiger partial charge in [-0.05, 0) is 30.5 Å². The Morgan fingerprint density at radius 2 is 2.06 bits per heavy atom. The van der Waals surface area contributed by atoms with E-state index >= 15 is 0 Å². The summed E-state index contributed by atoms with van der Waals surface area (Å²) in [6, 6.07) is 3.80. The first-order valence-corrected chi connectivity index (χ1v) is 5.80. The van der Waals surface area contributed by atoms with Crippen molar-refractivity contribution < 1.29 is 14.7 Å². The van der Waals surface area contributed by atoms with E-state index in [4.69, 9.17) is 5.11 Å². The van der Waals surface area contributed by atoms with Gasteiger partial charge in [0.05, 0.1) is 6.04 Å². The second-order valence-corrected chi connectivity index (χ2v) is 4.14. The van der Waals surface area contributed by atoms with Gasteiger partial charge in [-0.25, -0.2) is 4.79 Å². The molecule has 0 bridgehead atoms. The van der Waals surface area contributed by atoms with Crippen molar-refractivity contribution in [1.29, 1.82) is 0 Å². The van der Waals surface area contributed by atoms with Crippen molar-refractivity contribution in [3.63, 3.8) is 0 Å². The number of aromatic nitrogens is 1. The molecule has 18 heavy (non-hydrogen) atoms. The molecule has 1 N–H and O–H groups in total. The highest BCUT2D eigenvalue weighted by molar-refractivity contribution is 5.94. The summed E-state index contributed by atoms with van der Waals surface area (Å²) in [5.74, 6) is -1.36. The van der Waals surface area contributed by atoms with Gasteiger partial charge in [-0.1, -0.05) is 0 Å². The fraction of sp³-hybridized carbons (Fsp3) is 0.308. The van der Waals surface area contributed by atoms with Crippen LogP contribution in [0.2, 0.25) is 0 Å². The van der Waals surface area contributed by atoms with E-state index < -0.39 is 5.97 Å². The second kappa shape index (κ2) is 5.44. The zero-order valence-electron chi connectivity index (χ0n) is 9.82. The van der Waals surface area contributed by atoms with Gasteiger partial charge in [-0.2, -0.15) is 0 Å². The van der Waals surface area contributed by atoms with Crippen LogP contribution in [0.4, 0.5) is 0 Å². The molecule has 1 amide bonds. The number of pyridine rings is 1. The molecule has 2 rings (SSSR count). The van der Waals surface area contributed by atoms with Crippen LogP contribution >= 0.6 is 0 Å². The Kier molecular flexibility index (Phi) is 3.72. The summed E-state index contributed by atoms with van der Waals surface area (Å²) < 4.78 is 0. The number of carboxylic acids is 1. The second-order valence-electron chi connectivity index (χ2n) is 4.14.